The molecule has 0 aromatic heterocycles. The number of nitrogens with one attached hydrogen (secondary N) is 1. The molecule has 0 bridgehead atoms. The van der Waals surface area contributed by atoms with Crippen molar-refractivity contribution in [1.29, 1.82) is 0 Å². The number of fused-ring (bicyclic) bond motifs is 1. The minimum Gasteiger partial charge on any atom is -0.340 e. The molecule has 6 heteroatoms. The molecule has 0 radical (unpaired) electrons. The lowest BCUT2D eigenvalue weighted by Gasteiger charge is -2.15. The summed E-state index contributed by atoms with van der Waals surface area (Å²) < 4.78 is 0. The fourth-order valence-corrected chi connectivity index (χ4v) is 1.97. The zero-order chi connectivity index (χ0) is 10.3. The van der Waals surface area contributed by atoms with Crippen LogP contribution in [0.5, 0.6) is 0 Å². The molecule has 2 heterocycles. The number of imide groups is 1. The number of nitrogens with zero attached hydrogens (tertiary/aromatic N) is 1. The summed E-state index contributed by atoms with van der Waals surface area (Å²) in [6.45, 7) is 0.561. The zero-order valence-electron chi connectivity index (χ0n) is 7.53. The van der Waals surface area contributed by atoms with Gasteiger partial charge in [0.05, 0.1) is 18.4 Å². The number of likely N-dealkylation sites (tertiary alicyclic amines) is 1. The predicted octanol–water partition coefficient (Wildman–Crippen LogP) is -2.32. The average Bonchev–Trinajstić information content (AvgIpc) is 2.69. The molecular weight excluding hydrogens is 186 g/mol. The van der Waals surface area contributed by atoms with Crippen LogP contribution >= 0.6 is 0 Å². The Morgan fingerprint density at radius 1 is 1.36 bits per heavy atom. The molecule has 6 nitrogen and oxygen atoms in total. The topological polar surface area (TPSA) is 92.5 Å². The lowest BCUT2D eigenvalue weighted by atomic mass is 10.00. The molecule has 3 N–H and O–H groups in total. The maximum Gasteiger partial charge on any atom is 0.236 e. The highest BCUT2D eigenvalue weighted by Crippen LogP contribution is 2.27. The first-order valence-electron chi connectivity index (χ1n) is 4.46. The van der Waals surface area contributed by atoms with Gasteiger partial charge >= 0.3 is 0 Å². The molecule has 76 valence electrons. The van der Waals surface area contributed by atoms with Crippen molar-refractivity contribution in [2.45, 2.75) is 0 Å². The number of nitrogens with two attached hydrogens (primary N) is 1. The van der Waals surface area contributed by atoms with Crippen molar-refractivity contribution in [2.24, 2.45) is 17.6 Å². The van der Waals surface area contributed by atoms with Crippen molar-refractivity contribution < 1.29 is 14.4 Å². The molecule has 3 amide bonds. The smallest absolute Gasteiger partial charge is 0.236 e. The van der Waals surface area contributed by atoms with Crippen LogP contribution in [0, 0.1) is 11.8 Å². The molecule has 2 atom stereocenters. The fourth-order valence-electron chi connectivity index (χ4n) is 1.97. The first kappa shape index (κ1) is 9.14. The highest BCUT2D eigenvalue weighted by molar-refractivity contribution is 6.06. The lowest BCUT2D eigenvalue weighted by molar-refractivity contribution is -0.130. The van der Waals surface area contributed by atoms with E-state index >= 15 is 0 Å². The van der Waals surface area contributed by atoms with E-state index in [0.717, 1.165) is 0 Å². The first-order valence-corrected chi connectivity index (χ1v) is 4.46. The maximum atomic E-state index is 11.2. The summed E-state index contributed by atoms with van der Waals surface area (Å²) in [5, 5.41) is 2.25. The van der Waals surface area contributed by atoms with Crippen LogP contribution in [0.25, 0.3) is 0 Å². The third-order valence-corrected chi connectivity index (χ3v) is 2.77. The van der Waals surface area contributed by atoms with Gasteiger partial charge < -0.3 is 10.6 Å². The minimum atomic E-state index is -0.363. The summed E-state index contributed by atoms with van der Waals surface area (Å²) >= 11 is 0. The van der Waals surface area contributed by atoms with Crippen molar-refractivity contribution in [3.63, 3.8) is 0 Å². The standard InChI is InChI=1S/C8H11N3O3/c9-1-6(12)11-2-4-5(3-11)8(14)10-7(4)13/h4-5H,1-3,9H2,(H,10,13,14)/t4-,5+. The number of hydrogen-bond donors (Lipinski definition) is 2. The van der Waals surface area contributed by atoms with Gasteiger partial charge in [0.2, 0.25) is 17.7 Å². The normalized spacial score (nSPS) is 30.5. The summed E-state index contributed by atoms with van der Waals surface area (Å²) in [4.78, 5) is 35.1. The summed E-state index contributed by atoms with van der Waals surface area (Å²) in [6.07, 6.45) is 0. The molecule has 0 unspecified atom stereocenters. The number of carbonyl (C=O) groups excluding carboxylic acids is 3. The molecule has 0 spiro atoms. The number of carbonyl (C=O) groups is 3. The first-order chi connectivity index (χ1) is 6.63. The predicted molar refractivity (Wildman–Crippen MR) is 45.8 cm³/mol. The second-order valence-corrected chi connectivity index (χ2v) is 3.57. The van der Waals surface area contributed by atoms with Crippen LogP contribution in [0.15, 0.2) is 0 Å². The lowest BCUT2D eigenvalue weighted by Crippen LogP contribution is -2.38. The van der Waals surface area contributed by atoms with Crippen LogP contribution in [-0.4, -0.2) is 42.3 Å². The van der Waals surface area contributed by atoms with Gasteiger partial charge in [0.1, 0.15) is 0 Å². The van der Waals surface area contributed by atoms with E-state index in [1.165, 1.54) is 4.90 Å². The van der Waals surface area contributed by atoms with Crippen molar-refractivity contribution in [1.82, 2.24) is 10.2 Å². The number of hydrogen-bond acceptors (Lipinski definition) is 4. The monoisotopic (exact) mass is 197 g/mol. The molecule has 2 aliphatic rings. The molecule has 2 rings (SSSR count). The average molecular weight is 197 g/mol. The van der Waals surface area contributed by atoms with E-state index in [9.17, 15) is 14.4 Å². The van der Waals surface area contributed by atoms with Crippen LogP contribution < -0.4 is 11.1 Å². The van der Waals surface area contributed by atoms with Gasteiger partial charge in [-0.25, -0.2) is 0 Å². The van der Waals surface area contributed by atoms with E-state index in [4.69, 9.17) is 5.73 Å². The Morgan fingerprint density at radius 3 is 2.29 bits per heavy atom. The third kappa shape index (κ3) is 1.19. The largest absolute Gasteiger partial charge is 0.340 e. The van der Waals surface area contributed by atoms with Crippen molar-refractivity contribution in [3.05, 3.63) is 0 Å². The molecule has 2 fully saturated rings. The van der Waals surface area contributed by atoms with E-state index in [2.05, 4.69) is 5.32 Å². The van der Waals surface area contributed by atoms with Gasteiger partial charge in [-0.05, 0) is 0 Å². The SMILES string of the molecule is NCC(=O)N1C[C@@H]2C(=O)NC(=O)[C@@H]2C1. The van der Waals surface area contributed by atoms with Gasteiger partial charge in [-0.3, -0.25) is 19.7 Å². The molecule has 2 aliphatic heterocycles. The quantitative estimate of drug-likeness (QED) is 0.461. The molecular formula is C8H11N3O3. The molecule has 2 saturated heterocycles. The van der Waals surface area contributed by atoms with Gasteiger partial charge in [0.25, 0.3) is 0 Å². The molecule has 0 aromatic carbocycles. The minimum absolute atomic E-state index is 0.0742. The van der Waals surface area contributed by atoms with Gasteiger partial charge in [0.15, 0.2) is 0 Å². The second-order valence-electron chi connectivity index (χ2n) is 3.57. The number of amides is 3. The van der Waals surface area contributed by atoms with Crippen LogP contribution in [0.3, 0.4) is 0 Å². The van der Waals surface area contributed by atoms with E-state index in [-0.39, 0.29) is 36.1 Å². The number of rotatable bonds is 1. The Balaban J connectivity index is 2.11. The summed E-state index contributed by atoms with van der Waals surface area (Å²) in [7, 11) is 0. The summed E-state index contributed by atoms with van der Waals surface area (Å²) in [6, 6.07) is 0. The van der Waals surface area contributed by atoms with E-state index in [0.29, 0.717) is 13.1 Å². The van der Waals surface area contributed by atoms with Crippen molar-refractivity contribution >= 4 is 17.7 Å². The third-order valence-electron chi connectivity index (χ3n) is 2.77. The molecule has 14 heavy (non-hydrogen) atoms. The Bertz CT molecular complexity index is 293. The molecule has 0 aromatic rings. The second kappa shape index (κ2) is 3.06. The highest BCUT2D eigenvalue weighted by atomic mass is 16.2. The molecule has 0 aliphatic carbocycles. The van der Waals surface area contributed by atoms with Crippen LogP contribution in [-0.2, 0) is 14.4 Å². The van der Waals surface area contributed by atoms with E-state index < -0.39 is 0 Å². The summed E-state index contributed by atoms with van der Waals surface area (Å²) in [5.41, 5.74) is 5.19. The van der Waals surface area contributed by atoms with Gasteiger partial charge in [-0.2, -0.15) is 0 Å². The van der Waals surface area contributed by atoms with Crippen molar-refractivity contribution in [2.75, 3.05) is 19.6 Å². The Hall–Kier alpha value is -1.43. The van der Waals surface area contributed by atoms with E-state index in [1.54, 1.807) is 0 Å². The van der Waals surface area contributed by atoms with Crippen LogP contribution in [0.4, 0.5) is 0 Å². The molecule has 0 saturated carbocycles. The Morgan fingerprint density at radius 2 is 1.86 bits per heavy atom. The summed E-state index contributed by atoms with van der Waals surface area (Å²) in [5.74, 6) is -1.48. The van der Waals surface area contributed by atoms with Gasteiger partial charge in [-0.15, -0.1) is 0 Å². The van der Waals surface area contributed by atoms with Crippen molar-refractivity contribution in [3.8, 4) is 0 Å². The Labute approximate surface area is 80.4 Å². The van der Waals surface area contributed by atoms with Crippen LogP contribution in [0.1, 0.15) is 0 Å². The van der Waals surface area contributed by atoms with E-state index in [1.807, 2.05) is 0 Å². The van der Waals surface area contributed by atoms with Gasteiger partial charge in [0, 0.05) is 13.1 Å². The Kier molecular flexibility index (Phi) is 1.99. The highest BCUT2D eigenvalue weighted by Gasteiger charge is 2.48. The van der Waals surface area contributed by atoms with Crippen LogP contribution in [0.2, 0.25) is 0 Å². The zero-order valence-corrected chi connectivity index (χ0v) is 7.53. The maximum absolute atomic E-state index is 11.2. The van der Waals surface area contributed by atoms with Gasteiger partial charge in [-0.1, -0.05) is 0 Å². The fraction of sp³-hybridized carbons (Fsp3) is 0.625.